The van der Waals surface area contributed by atoms with E-state index < -0.39 is 10.0 Å². The Morgan fingerprint density at radius 2 is 2.29 bits per heavy atom. The average molecular weight is 265 g/mol. The van der Waals surface area contributed by atoms with Gasteiger partial charge < -0.3 is 9.47 Å². The molecule has 1 atom stereocenters. The van der Waals surface area contributed by atoms with Crippen LogP contribution in [0.5, 0.6) is 0 Å². The Labute approximate surface area is 102 Å². The maximum atomic E-state index is 11.5. The van der Waals surface area contributed by atoms with Crippen LogP contribution in [0.25, 0.3) is 0 Å². The molecule has 1 unspecified atom stereocenters. The molecule has 0 bridgehead atoms. The first-order valence-corrected chi connectivity index (χ1v) is 7.34. The van der Waals surface area contributed by atoms with Gasteiger partial charge in [0.1, 0.15) is 0 Å². The molecule has 0 aromatic rings. The van der Waals surface area contributed by atoms with Crippen LogP contribution in [0.15, 0.2) is 0 Å². The summed E-state index contributed by atoms with van der Waals surface area (Å²) in [5.41, 5.74) is 0. The van der Waals surface area contributed by atoms with Crippen molar-refractivity contribution in [2.75, 3.05) is 26.0 Å². The normalized spacial score (nSPS) is 20.4. The Bertz CT molecular complexity index is 335. The Kier molecular flexibility index (Phi) is 5.87. The van der Waals surface area contributed by atoms with Gasteiger partial charge in [-0.05, 0) is 19.3 Å². The molecule has 100 valence electrons. The number of carbonyl (C=O) groups excluding carboxylic acids is 1. The Morgan fingerprint density at radius 1 is 1.53 bits per heavy atom. The molecule has 7 heteroatoms. The second-order valence-electron chi connectivity index (χ2n) is 3.98. The van der Waals surface area contributed by atoms with Gasteiger partial charge in [0.2, 0.25) is 10.0 Å². The second-order valence-corrected chi connectivity index (χ2v) is 5.91. The number of sulfonamides is 1. The summed E-state index contributed by atoms with van der Waals surface area (Å²) in [7, 11) is -2.03. The summed E-state index contributed by atoms with van der Waals surface area (Å²) in [4.78, 5) is 10.8. The van der Waals surface area contributed by atoms with E-state index in [1.54, 1.807) is 0 Å². The van der Waals surface area contributed by atoms with Gasteiger partial charge in [0, 0.05) is 19.6 Å². The van der Waals surface area contributed by atoms with E-state index in [1.807, 2.05) is 0 Å². The predicted octanol–water partition coefficient (Wildman–Crippen LogP) is 0.0380. The molecule has 0 amide bonds. The zero-order valence-electron chi connectivity index (χ0n) is 9.98. The van der Waals surface area contributed by atoms with Gasteiger partial charge in [-0.3, -0.25) is 4.79 Å². The summed E-state index contributed by atoms with van der Waals surface area (Å²) in [5, 5.41) is 0. The number of carbonyl (C=O) groups is 1. The van der Waals surface area contributed by atoms with Gasteiger partial charge in [0.05, 0.1) is 19.0 Å². The molecule has 1 N–H and O–H groups in total. The molecule has 1 saturated heterocycles. The monoisotopic (exact) mass is 265 g/mol. The molecular formula is C10H19NO5S. The van der Waals surface area contributed by atoms with Gasteiger partial charge in [-0.15, -0.1) is 0 Å². The van der Waals surface area contributed by atoms with Crippen LogP contribution in [-0.2, 0) is 24.3 Å². The number of rotatable bonds is 7. The van der Waals surface area contributed by atoms with Crippen LogP contribution in [0, 0.1) is 0 Å². The standard InChI is InChI=1S/C10H19NO5S/c1-15-10(12)5-3-7-17(13,14)11-8-9-4-2-6-16-9/h9,11H,2-8H2,1H3. The molecule has 1 heterocycles. The lowest BCUT2D eigenvalue weighted by atomic mass is 10.2. The first kappa shape index (κ1) is 14.4. The molecule has 0 saturated carbocycles. The summed E-state index contributed by atoms with van der Waals surface area (Å²) in [6.45, 7) is 1.02. The van der Waals surface area contributed by atoms with E-state index in [0.29, 0.717) is 13.2 Å². The zero-order valence-corrected chi connectivity index (χ0v) is 10.8. The number of esters is 1. The van der Waals surface area contributed by atoms with Gasteiger partial charge in [-0.25, -0.2) is 13.1 Å². The predicted molar refractivity (Wildman–Crippen MR) is 62.0 cm³/mol. The van der Waals surface area contributed by atoms with Crippen molar-refractivity contribution in [1.82, 2.24) is 4.72 Å². The van der Waals surface area contributed by atoms with Gasteiger partial charge in [-0.1, -0.05) is 0 Å². The highest BCUT2D eigenvalue weighted by Gasteiger charge is 2.18. The summed E-state index contributed by atoms with van der Waals surface area (Å²) >= 11 is 0. The Balaban J connectivity index is 2.18. The highest BCUT2D eigenvalue weighted by atomic mass is 32.2. The molecule has 1 aliphatic heterocycles. The molecule has 0 radical (unpaired) electrons. The van der Waals surface area contributed by atoms with E-state index in [2.05, 4.69) is 9.46 Å². The first-order valence-electron chi connectivity index (χ1n) is 5.69. The zero-order chi connectivity index (χ0) is 12.7. The van der Waals surface area contributed by atoms with Crippen molar-refractivity contribution in [1.29, 1.82) is 0 Å². The number of nitrogens with one attached hydrogen (secondary N) is 1. The molecule has 0 aromatic heterocycles. The van der Waals surface area contributed by atoms with Crippen molar-refractivity contribution in [2.45, 2.75) is 31.8 Å². The smallest absolute Gasteiger partial charge is 0.305 e. The van der Waals surface area contributed by atoms with Crippen molar-refractivity contribution in [3.8, 4) is 0 Å². The van der Waals surface area contributed by atoms with Crippen molar-refractivity contribution in [3.05, 3.63) is 0 Å². The van der Waals surface area contributed by atoms with Crippen LogP contribution in [0.3, 0.4) is 0 Å². The molecule has 6 nitrogen and oxygen atoms in total. The third-order valence-corrected chi connectivity index (χ3v) is 4.01. The van der Waals surface area contributed by atoms with Crippen LogP contribution in [-0.4, -0.2) is 46.5 Å². The lowest BCUT2D eigenvalue weighted by molar-refractivity contribution is -0.140. The van der Waals surface area contributed by atoms with Gasteiger partial charge in [-0.2, -0.15) is 0 Å². The van der Waals surface area contributed by atoms with E-state index >= 15 is 0 Å². The minimum absolute atomic E-state index is 0.00891. The molecule has 0 spiro atoms. The van der Waals surface area contributed by atoms with Gasteiger partial charge in [0.15, 0.2) is 0 Å². The molecular weight excluding hydrogens is 246 g/mol. The maximum Gasteiger partial charge on any atom is 0.305 e. The topological polar surface area (TPSA) is 81.7 Å². The van der Waals surface area contributed by atoms with E-state index in [9.17, 15) is 13.2 Å². The summed E-state index contributed by atoms with van der Waals surface area (Å²) < 4.78 is 35.3. The number of hydrogen-bond acceptors (Lipinski definition) is 5. The fraction of sp³-hybridized carbons (Fsp3) is 0.900. The summed E-state index contributed by atoms with van der Waals surface area (Å²) in [5.74, 6) is -0.450. The average Bonchev–Trinajstić information content (AvgIpc) is 2.79. The van der Waals surface area contributed by atoms with Crippen LogP contribution in [0.1, 0.15) is 25.7 Å². The van der Waals surface area contributed by atoms with E-state index in [-0.39, 0.29) is 30.7 Å². The van der Waals surface area contributed by atoms with Crippen molar-refractivity contribution in [3.63, 3.8) is 0 Å². The second kappa shape index (κ2) is 6.93. The fourth-order valence-corrected chi connectivity index (χ4v) is 2.71. The Hall–Kier alpha value is -0.660. The Morgan fingerprint density at radius 3 is 2.88 bits per heavy atom. The molecule has 0 aromatic carbocycles. The fourth-order valence-electron chi connectivity index (χ4n) is 1.61. The third-order valence-electron chi connectivity index (χ3n) is 2.58. The quantitative estimate of drug-likeness (QED) is 0.657. The highest BCUT2D eigenvalue weighted by molar-refractivity contribution is 7.89. The first-order chi connectivity index (χ1) is 8.03. The van der Waals surface area contributed by atoms with Crippen molar-refractivity contribution >= 4 is 16.0 Å². The van der Waals surface area contributed by atoms with Gasteiger partial charge in [0.25, 0.3) is 0 Å². The third kappa shape index (κ3) is 5.99. The molecule has 0 aliphatic carbocycles. The lowest BCUT2D eigenvalue weighted by Crippen LogP contribution is -2.33. The summed E-state index contributed by atoms with van der Waals surface area (Å²) in [6.07, 6.45) is 2.26. The van der Waals surface area contributed by atoms with Crippen molar-refractivity contribution in [2.24, 2.45) is 0 Å². The largest absolute Gasteiger partial charge is 0.469 e. The summed E-state index contributed by atoms with van der Waals surface area (Å²) in [6, 6.07) is 0. The van der Waals surface area contributed by atoms with E-state index in [1.165, 1.54) is 7.11 Å². The minimum atomic E-state index is -3.31. The van der Waals surface area contributed by atoms with Crippen LogP contribution >= 0.6 is 0 Å². The van der Waals surface area contributed by atoms with Gasteiger partial charge >= 0.3 is 5.97 Å². The van der Waals surface area contributed by atoms with Crippen molar-refractivity contribution < 1.29 is 22.7 Å². The number of ether oxygens (including phenoxy) is 2. The van der Waals surface area contributed by atoms with E-state index in [0.717, 1.165) is 12.8 Å². The number of hydrogen-bond donors (Lipinski definition) is 1. The molecule has 1 rings (SSSR count). The number of methoxy groups -OCH3 is 1. The maximum absolute atomic E-state index is 11.5. The molecule has 1 aliphatic rings. The lowest BCUT2D eigenvalue weighted by Gasteiger charge is -2.10. The SMILES string of the molecule is COC(=O)CCCS(=O)(=O)NCC1CCCO1. The van der Waals surface area contributed by atoms with Crippen LogP contribution < -0.4 is 4.72 Å². The van der Waals surface area contributed by atoms with E-state index in [4.69, 9.17) is 4.74 Å². The molecule has 1 fully saturated rings. The van der Waals surface area contributed by atoms with Crippen LogP contribution in [0.2, 0.25) is 0 Å². The van der Waals surface area contributed by atoms with Crippen LogP contribution in [0.4, 0.5) is 0 Å². The highest BCUT2D eigenvalue weighted by Crippen LogP contribution is 2.11. The molecule has 17 heavy (non-hydrogen) atoms. The minimum Gasteiger partial charge on any atom is -0.469 e.